The van der Waals surface area contributed by atoms with Crippen LogP contribution in [-0.2, 0) is 14.3 Å². The Kier molecular flexibility index (Phi) is 8.09. The number of carbonyl (C=O) groups excluding carboxylic acids is 2. The molecule has 4 N–H and O–H groups in total. The van der Waals surface area contributed by atoms with E-state index in [1.54, 1.807) is 20.8 Å². The highest BCUT2D eigenvalue weighted by molar-refractivity contribution is 5.85. The minimum Gasteiger partial charge on any atom is -0.444 e. The van der Waals surface area contributed by atoms with E-state index in [2.05, 4.69) is 5.32 Å². The minimum absolute atomic E-state index is 0.0578. The molecule has 0 spiro atoms. The molecule has 0 aliphatic carbocycles. The summed E-state index contributed by atoms with van der Waals surface area (Å²) in [7, 11) is 0. The van der Waals surface area contributed by atoms with Crippen LogP contribution in [0.3, 0.4) is 0 Å². The fourth-order valence-corrected chi connectivity index (χ4v) is 1.18. The SMILES string of the molecule is CCCCOC[C@H](NC(=O)OC(C)(C)C)C(=O)NN. The van der Waals surface area contributed by atoms with Gasteiger partial charge in [-0.05, 0) is 27.2 Å². The normalized spacial score (nSPS) is 12.7. The van der Waals surface area contributed by atoms with E-state index in [-0.39, 0.29) is 6.61 Å². The van der Waals surface area contributed by atoms with Crippen LogP contribution in [0.1, 0.15) is 40.5 Å². The molecule has 0 unspecified atom stereocenters. The van der Waals surface area contributed by atoms with Crippen LogP contribution < -0.4 is 16.6 Å². The van der Waals surface area contributed by atoms with E-state index in [1.165, 1.54) is 0 Å². The maximum atomic E-state index is 11.6. The molecule has 0 aromatic heterocycles. The molecule has 0 saturated heterocycles. The van der Waals surface area contributed by atoms with Crippen LogP contribution in [-0.4, -0.2) is 36.9 Å². The van der Waals surface area contributed by atoms with Crippen molar-refractivity contribution >= 4 is 12.0 Å². The Labute approximate surface area is 114 Å². The molecule has 0 rings (SSSR count). The summed E-state index contributed by atoms with van der Waals surface area (Å²) in [4.78, 5) is 23.1. The van der Waals surface area contributed by atoms with Crippen molar-refractivity contribution in [1.29, 1.82) is 0 Å². The van der Waals surface area contributed by atoms with Gasteiger partial charge in [0.25, 0.3) is 5.91 Å². The van der Waals surface area contributed by atoms with Gasteiger partial charge in [-0.2, -0.15) is 0 Å². The van der Waals surface area contributed by atoms with Crippen molar-refractivity contribution in [2.24, 2.45) is 5.84 Å². The van der Waals surface area contributed by atoms with Crippen LogP contribution in [0, 0.1) is 0 Å². The average molecular weight is 275 g/mol. The van der Waals surface area contributed by atoms with Gasteiger partial charge in [0.05, 0.1) is 6.61 Å². The topological polar surface area (TPSA) is 103 Å². The van der Waals surface area contributed by atoms with Gasteiger partial charge < -0.3 is 14.8 Å². The quantitative estimate of drug-likeness (QED) is 0.274. The third-order valence-electron chi connectivity index (χ3n) is 2.08. The van der Waals surface area contributed by atoms with E-state index in [0.717, 1.165) is 12.8 Å². The van der Waals surface area contributed by atoms with Crippen LogP contribution in [0.2, 0.25) is 0 Å². The van der Waals surface area contributed by atoms with E-state index in [1.807, 2.05) is 12.3 Å². The number of unbranched alkanes of at least 4 members (excludes halogenated alkanes) is 1. The molecule has 2 amide bonds. The number of alkyl carbamates (subject to hydrolysis) is 1. The molecule has 1 atom stereocenters. The van der Waals surface area contributed by atoms with Crippen LogP contribution in [0.5, 0.6) is 0 Å². The fourth-order valence-electron chi connectivity index (χ4n) is 1.18. The Morgan fingerprint density at radius 1 is 1.32 bits per heavy atom. The van der Waals surface area contributed by atoms with Crippen molar-refractivity contribution in [3.05, 3.63) is 0 Å². The predicted octanol–water partition coefficient (Wildman–Crippen LogP) is 0.686. The standard InChI is InChI=1S/C12H25N3O4/c1-5-6-7-18-8-9(10(16)15-13)14-11(17)19-12(2,3)4/h9H,5-8,13H2,1-4H3,(H,14,17)(H,15,16)/t9-/m0/s1. The Hall–Kier alpha value is -1.34. The summed E-state index contributed by atoms with van der Waals surface area (Å²) in [6.07, 6.45) is 1.21. The Morgan fingerprint density at radius 3 is 2.42 bits per heavy atom. The average Bonchev–Trinajstić information content (AvgIpc) is 2.29. The van der Waals surface area contributed by atoms with Crippen molar-refractivity contribution in [1.82, 2.24) is 10.7 Å². The molecule has 0 aromatic rings. The summed E-state index contributed by atoms with van der Waals surface area (Å²) >= 11 is 0. The number of nitrogens with two attached hydrogens (primary N) is 1. The number of hydrogen-bond acceptors (Lipinski definition) is 5. The summed E-state index contributed by atoms with van der Waals surface area (Å²) in [5.74, 6) is 4.53. The molecule has 0 bridgehead atoms. The first-order valence-corrected chi connectivity index (χ1v) is 6.38. The van der Waals surface area contributed by atoms with Gasteiger partial charge in [0.15, 0.2) is 0 Å². The van der Waals surface area contributed by atoms with Gasteiger partial charge in [0.2, 0.25) is 0 Å². The van der Waals surface area contributed by atoms with Crippen molar-refractivity contribution in [2.45, 2.75) is 52.2 Å². The van der Waals surface area contributed by atoms with Crippen LogP contribution in [0.25, 0.3) is 0 Å². The molecular weight excluding hydrogens is 250 g/mol. The lowest BCUT2D eigenvalue weighted by Crippen LogP contribution is -2.52. The maximum Gasteiger partial charge on any atom is 0.408 e. The van der Waals surface area contributed by atoms with Gasteiger partial charge in [-0.1, -0.05) is 13.3 Å². The number of hydrazine groups is 1. The predicted molar refractivity (Wildman–Crippen MR) is 71.2 cm³/mol. The highest BCUT2D eigenvalue weighted by atomic mass is 16.6. The van der Waals surface area contributed by atoms with Crippen LogP contribution >= 0.6 is 0 Å². The van der Waals surface area contributed by atoms with E-state index in [0.29, 0.717) is 6.61 Å². The Balaban J connectivity index is 4.27. The zero-order valence-electron chi connectivity index (χ0n) is 12.1. The Morgan fingerprint density at radius 2 is 1.95 bits per heavy atom. The van der Waals surface area contributed by atoms with Crippen LogP contribution in [0.4, 0.5) is 4.79 Å². The number of ether oxygens (including phenoxy) is 2. The molecule has 0 aliphatic heterocycles. The lowest BCUT2D eigenvalue weighted by atomic mass is 10.2. The molecule has 7 nitrogen and oxygen atoms in total. The largest absolute Gasteiger partial charge is 0.444 e. The van der Waals surface area contributed by atoms with Gasteiger partial charge in [-0.15, -0.1) is 0 Å². The van der Waals surface area contributed by atoms with Crippen molar-refractivity contribution in [3.63, 3.8) is 0 Å². The molecule has 7 heteroatoms. The van der Waals surface area contributed by atoms with Crippen molar-refractivity contribution in [2.75, 3.05) is 13.2 Å². The molecule has 112 valence electrons. The number of nitrogens with one attached hydrogen (secondary N) is 2. The van der Waals surface area contributed by atoms with Crippen molar-refractivity contribution in [3.8, 4) is 0 Å². The number of hydrogen-bond donors (Lipinski definition) is 3. The smallest absolute Gasteiger partial charge is 0.408 e. The summed E-state index contributed by atoms with van der Waals surface area (Å²) in [6.45, 7) is 7.84. The molecule has 0 heterocycles. The van der Waals surface area contributed by atoms with E-state index in [9.17, 15) is 9.59 Å². The molecule has 0 fully saturated rings. The van der Waals surface area contributed by atoms with E-state index in [4.69, 9.17) is 15.3 Å². The first-order chi connectivity index (χ1) is 8.80. The second-order valence-electron chi connectivity index (χ2n) is 5.14. The summed E-state index contributed by atoms with van der Waals surface area (Å²) in [5, 5.41) is 2.42. The molecule has 0 aliphatic rings. The molecule has 0 aromatic carbocycles. The van der Waals surface area contributed by atoms with E-state index < -0.39 is 23.6 Å². The first-order valence-electron chi connectivity index (χ1n) is 6.38. The Bertz CT molecular complexity index is 289. The zero-order chi connectivity index (χ0) is 14.9. The van der Waals surface area contributed by atoms with Gasteiger partial charge in [0.1, 0.15) is 11.6 Å². The second kappa shape index (κ2) is 8.71. The van der Waals surface area contributed by atoms with Gasteiger partial charge in [-0.3, -0.25) is 10.2 Å². The lowest BCUT2D eigenvalue weighted by molar-refractivity contribution is -0.124. The monoisotopic (exact) mass is 275 g/mol. The van der Waals surface area contributed by atoms with Gasteiger partial charge >= 0.3 is 6.09 Å². The van der Waals surface area contributed by atoms with Gasteiger partial charge in [0, 0.05) is 6.61 Å². The van der Waals surface area contributed by atoms with Crippen LogP contribution in [0.15, 0.2) is 0 Å². The van der Waals surface area contributed by atoms with Crippen molar-refractivity contribution < 1.29 is 19.1 Å². The summed E-state index contributed by atoms with van der Waals surface area (Å²) in [6, 6.07) is -0.864. The molecule has 0 radical (unpaired) electrons. The summed E-state index contributed by atoms with van der Waals surface area (Å²) < 4.78 is 10.4. The number of rotatable bonds is 7. The highest BCUT2D eigenvalue weighted by Crippen LogP contribution is 2.06. The second-order valence-corrected chi connectivity index (χ2v) is 5.14. The fraction of sp³-hybridized carbons (Fsp3) is 0.833. The zero-order valence-corrected chi connectivity index (χ0v) is 12.1. The lowest BCUT2D eigenvalue weighted by Gasteiger charge is -2.22. The molecular formula is C12H25N3O4. The first kappa shape index (κ1) is 17.7. The third-order valence-corrected chi connectivity index (χ3v) is 2.08. The highest BCUT2D eigenvalue weighted by Gasteiger charge is 2.23. The van der Waals surface area contributed by atoms with Gasteiger partial charge in [-0.25, -0.2) is 10.6 Å². The maximum absolute atomic E-state index is 11.6. The number of amides is 2. The number of carbonyl (C=O) groups is 2. The minimum atomic E-state index is -0.864. The molecule has 0 saturated carbocycles. The third kappa shape index (κ3) is 9.26. The van der Waals surface area contributed by atoms with E-state index >= 15 is 0 Å². The summed E-state index contributed by atoms with van der Waals surface area (Å²) in [5.41, 5.74) is 1.36. The molecule has 19 heavy (non-hydrogen) atoms.